The predicted molar refractivity (Wildman–Crippen MR) is 48.8 cm³/mol. The second-order valence-corrected chi connectivity index (χ2v) is 18.8. The van der Waals surface area contributed by atoms with Crippen molar-refractivity contribution in [2.45, 2.75) is 34.3 Å². The van der Waals surface area contributed by atoms with Crippen molar-refractivity contribution in [3.63, 3.8) is 0 Å². The van der Waals surface area contributed by atoms with E-state index in [0.717, 1.165) is 6.42 Å². The van der Waals surface area contributed by atoms with Crippen molar-refractivity contribution in [2.75, 3.05) is 0 Å². The fourth-order valence-electron chi connectivity index (χ4n) is 0.663. The molecule has 0 rings (SSSR count). The van der Waals surface area contributed by atoms with E-state index >= 15 is 0 Å². The van der Waals surface area contributed by atoms with Gasteiger partial charge in [0.2, 0.25) is 0 Å². The van der Waals surface area contributed by atoms with Crippen LogP contribution in [0.1, 0.15) is 13.3 Å². The van der Waals surface area contributed by atoms with E-state index in [2.05, 4.69) is 21.4 Å². The van der Waals surface area contributed by atoms with Gasteiger partial charge >= 0.3 is 67.9 Å². The van der Waals surface area contributed by atoms with Crippen LogP contribution in [-0.2, 0) is 0 Å². The Bertz CT molecular complexity index is 122. The molecule has 0 fully saturated rings. The molecule has 1 N–H and O–H groups in total. The number of hydrogen-bond acceptors (Lipinski definition) is 1. The summed E-state index contributed by atoms with van der Waals surface area (Å²) in [6, 6.07) is 0. The Hall–Kier alpha value is 0.499. The molecule has 0 bridgehead atoms. The van der Waals surface area contributed by atoms with E-state index in [1.165, 1.54) is 3.59 Å². The summed E-state index contributed by atoms with van der Waals surface area (Å²) >= 11 is -1.85. The zero-order valence-electron chi connectivity index (χ0n) is 7.44. The van der Waals surface area contributed by atoms with Crippen LogP contribution in [-0.4, -0.2) is 29.6 Å². The van der Waals surface area contributed by atoms with Gasteiger partial charge in [0.15, 0.2) is 0 Å². The summed E-state index contributed by atoms with van der Waals surface area (Å²) < 4.78 is 1.32. The fraction of sp³-hybridized carbons (Fsp3) is 0.750. The van der Waals surface area contributed by atoms with Gasteiger partial charge in [-0.3, -0.25) is 0 Å². The molecular weight excluding hydrogens is 231 g/mol. The van der Waals surface area contributed by atoms with Gasteiger partial charge in [0.05, 0.1) is 0 Å². The first-order valence-electron chi connectivity index (χ1n) is 3.70. The Morgan fingerprint density at radius 2 is 1.90 bits per heavy atom. The summed E-state index contributed by atoms with van der Waals surface area (Å²) in [6.07, 6.45) is 0.600. The number of hydrogen-bond donors (Lipinski definition) is 1. The van der Waals surface area contributed by atoms with Crippen LogP contribution in [0, 0.1) is 0 Å². The first kappa shape index (κ1) is 10.5. The first-order valence-corrected chi connectivity index (χ1v) is 13.7. The fourth-order valence-corrected chi connectivity index (χ4v) is 3.25. The minimum absolute atomic E-state index is 0.205. The van der Waals surface area contributed by atoms with Gasteiger partial charge in [-0.2, -0.15) is 0 Å². The molecule has 0 saturated carbocycles. The Morgan fingerprint density at radius 1 is 1.50 bits per heavy atom. The van der Waals surface area contributed by atoms with Crippen LogP contribution in [0.15, 0.2) is 10.2 Å². The van der Waals surface area contributed by atoms with Gasteiger partial charge in [-0.1, -0.05) is 0 Å². The van der Waals surface area contributed by atoms with E-state index < -0.39 is 18.4 Å². The second kappa shape index (κ2) is 3.77. The molecule has 10 heavy (non-hydrogen) atoms. The maximum absolute atomic E-state index is 9.06. The van der Waals surface area contributed by atoms with Crippen molar-refractivity contribution in [2.24, 2.45) is 0 Å². The topological polar surface area (TPSA) is 20.2 Å². The SMILES string of the molecule is C=[C](CC(C)O)[Sn]([CH3])([CH3])[CH3]. The van der Waals surface area contributed by atoms with Gasteiger partial charge < -0.3 is 0 Å². The first-order chi connectivity index (χ1) is 4.34. The van der Waals surface area contributed by atoms with Gasteiger partial charge in [0.25, 0.3) is 0 Å². The molecule has 0 heterocycles. The Kier molecular flexibility index (Phi) is 3.95. The van der Waals surface area contributed by atoms with Gasteiger partial charge in [0.1, 0.15) is 0 Å². The third kappa shape index (κ3) is 4.34. The molecule has 0 amide bonds. The van der Waals surface area contributed by atoms with E-state index in [0.29, 0.717) is 0 Å². The summed E-state index contributed by atoms with van der Waals surface area (Å²) in [4.78, 5) is 6.96. The van der Waals surface area contributed by atoms with Crippen LogP contribution in [0.5, 0.6) is 0 Å². The van der Waals surface area contributed by atoms with Crippen molar-refractivity contribution in [3.8, 4) is 0 Å². The average Bonchev–Trinajstić information content (AvgIpc) is 1.60. The van der Waals surface area contributed by atoms with Crippen LogP contribution in [0.4, 0.5) is 0 Å². The number of aliphatic hydroxyl groups is 1. The quantitative estimate of drug-likeness (QED) is 0.760. The van der Waals surface area contributed by atoms with Crippen molar-refractivity contribution in [1.82, 2.24) is 0 Å². The molecule has 60 valence electrons. The van der Waals surface area contributed by atoms with E-state index in [1.807, 2.05) is 6.92 Å². The van der Waals surface area contributed by atoms with Crippen LogP contribution in [0.2, 0.25) is 14.8 Å². The van der Waals surface area contributed by atoms with E-state index in [9.17, 15) is 0 Å². The molecule has 2 heteroatoms. The zero-order valence-corrected chi connectivity index (χ0v) is 10.3. The molecule has 0 aliphatic carbocycles. The van der Waals surface area contributed by atoms with Gasteiger partial charge in [-0.25, -0.2) is 0 Å². The van der Waals surface area contributed by atoms with Crippen LogP contribution in [0.25, 0.3) is 0 Å². The molecule has 0 aliphatic heterocycles. The summed E-state index contributed by atoms with van der Waals surface area (Å²) in [6.45, 7) is 5.82. The Balaban J connectivity index is 3.87. The molecule has 1 atom stereocenters. The molecule has 0 aliphatic rings. The Morgan fingerprint density at radius 3 is 2.00 bits per heavy atom. The van der Waals surface area contributed by atoms with Crippen molar-refractivity contribution in [1.29, 1.82) is 0 Å². The Labute approximate surface area is 68.0 Å². The summed E-state index contributed by atoms with van der Waals surface area (Å²) in [5.74, 6) is 0. The normalized spacial score (nSPS) is 14.9. The van der Waals surface area contributed by atoms with Gasteiger partial charge in [-0.05, 0) is 0 Å². The molecule has 0 aromatic rings. The number of aliphatic hydroxyl groups excluding tert-OH is 1. The van der Waals surface area contributed by atoms with Crippen LogP contribution >= 0.6 is 0 Å². The molecule has 0 aromatic carbocycles. The van der Waals surface area contributed by atoms with Crippen molar-refractivity contribution < 1.29 is 5.11 Å². The van der Waals surface area contributed by atoms with Gasteiger partial charge in [0, 0.05) is 0 Å². The summed E-state index contributed by atoms with van der Waals surface area (Å²) in [7, 11) is 0. The third-order valence-corrected chi connectivity index (χ3v) is 8.24. The molecule has 1 nitrogen and oxygen atoms in total. The van der Waals surface area contributed by atoms with Crippen LogP contribution in [0.3, 0.4) is 0 Å². The monoisotopic (exact) mass is 250 g/mol. The zero-order chi connectivity index (χ0) is 8.36. The molecule has 1 unspecified atom stereocenters. The van der Waals surface area contributed by atoms with Crippen molar-refractivity contribution >= 4 is 18.4 Å². The van der Waals surface area contributed by atoms with E-state index in [-0.39, 0.29) is 6.10 Å². The van der Waals surface area contributed by atoms with Crippen LogP contribution < -0.4 is 0 Å². The van der Waals surface area contributed by atoms with E-state index in [1.54, 1.807) is 0 Å². The summed E-state index contributed by atoms with van der Waals surface area (Å²) in [5.41, 5.74) is 0. The summed E-state index contributed by atoms with van der Waals surface area (Å²) in [5, 5.41) is 9.06. The molecule has 0 saturated heterocycles. The molecule has 0 spiro atoms. The standard InChI is InChI=1S/C5H9O.3CH3.Sn/c1-3-4-5(2)6;;;;/h5-6H,1,4H2,2H3;3*1H3;. The molecule has 0 aromatic heterocycles. The van der Waals surface area contributed by atoms with Gasteiger partial charge in [-0.15, -0.1) is 0 Å². The number of rotatable bonds is 3. The molecule has 0 radical (unpaired) electrons. The molecular formula is C8H18OSn. The van der Waals surface area contributed by atoms with Crippen molar-refractivity contribution in [3.05, 3.63) is 10.2 Å². The van der Waals surface area contributed by atoms with E-state index in [4.69, 9.17) is 5.11 Å². The average molecular weight is 249 g/mol. The minimum atomic E-state index is -1.85. The maximum atomic E-state index is 9.06. The second-order valence-electron chi connectivity index (χ2n) is 3.91. The predicted octanol–water partition coefficient (Wildman–Crippen LogP) is 2.19. The third-order valence-electron chi connectivity index (χ3n) is 1.60.